The van der Waals surface area contributed by atoms with Gasteiger partial charge in [0.25, 0.3) is 0 Å². The second kappa shape index (κ2) is 10.0. The van der Waals surface area contributed by atoms with Crippen molar-refractivity contribution in [3.8, 4) is 0 Å². The van der Waals surface area contributed by atoms with Gasteiger partial charge in [-0.1, -0.05) is 31.2 Å². The van der Waals surface area contributed by atoms with Gasteiger partial charge in [-0.05, 0) is 36.8 Å². The molecule has 1 unspecified atom stereocenters. The Morgan fingerprint density at radius 3 is 2.64 bits per heavy atom. The van der Waals surface area contributed by atoms with Crippen molar-refractivity contribution in [1.82, 2.24) is 4.90 Å². The van der Waals surface area contributed by atoms with E-state index in [9.17, 15) is 0 Å². The molecule has 2 rings (SSSR count). The van der Waals surface area contributed by atoms with Gasteiger partial charge in [0.15, 0.2) is 5.96 Å². The number of ether oxygens (including phenoxy) is 1. The van der Waals surface area contributed by atoms with E-state index >= 15 is 0 Å². The normalized spacial score (nSPS) is 18.9. The summed E-state index contributed by atoms with van der Waals surface area (Å²) < 4.78 is 5.39. The lowest BCUT2D eigenvalue weighted by atomic mass is 10.0. The SMILES string of the molecule is CCOCc1ccc(CN=C(N)N2CCCC(C)C2)cc1.I. The highest BCUT2D eigenvalue weighted by molar-refractivity contribution is 14.0. The molecule has 5 heteroatoms. The molecule has 1 saturated heterocycles. The minimum absolute atomic E-state index is 0. The van der Waals surface area contributed by atoms with Crippen molar-refractivity contribution in [3.63, 3.8) is 0 Å². The smallest absolute Gasteiger partial charge is 0.191 e. The van der Waals surface area contributed by atoms with Gasteiger partial charge in [0.1, 0.15) is 0 Å². The van der Waals surface area contributed by atoms with Crippen LogP contribution in [0.4, 0.5) is 0 Å². The summed E-state index contributed by atoms with van der Waals surface area (Å²) in [6, 6.07) is 8.40. The van der Waals surface area contributed by atoms with Crippen LogP contribution in [0.2, 0.25) is 0 Å². The fourth-order valence-corrected chi connectivity index (χ4v) is 2.63. The number of halogens is 1. The molecule has 0 aromatic heterocycles. The molecule has 1 fully saturated rings. The van der Waals surface area contributed by atoms with Crippen molar-refractivity contribution in [1.29, 1.82) is 0 Å². The van der Waals surface area contributed by atoms with Crippen molar-refractivity contribution in [2.45, 2.75) is 39.8 Å². The molecule has 22 heavy (non-hydrogen) atoms. The van der Waals surface area contributed by atoms with Crippen molar-refractivity contribution in [2.75, 3.05) is 19.7 Å². The predicted octanol–water partition coefficient (Wildman–Crippen LogP) is 3.39. The van der Waals surface area contributed by atoms with Crippen LogP contribution < -0.4 is 5.73 Å². The number of nitrogens with two attached hydrogens (primary N) is 1. The Bertz CT molecular complexity index is 461. The zero-order chi connectivity index (χ0) is 15.1. The molecule has 0 bridgehead atoms. The standard InChI is InChI=1S/C17H27N3O.HI/c1-3-21-13-16-8-6-15(7-9-16)11-19-17(18)20-10-4-5-14(2)12-20;/h6-9,14H,3-5,10-13H2,1-2H3,(H2,18,19);1H. The van der Waals surface area contributed by atoms with Crippen LogP contribution >= 0.6 is 24.0 Å². The van der Waals surface area contributed by atoms with Crippen molar-refractivity contribution < 1.29 is 4.74 Å². The van der Waals surface area contributed by atoms with E-state index in [-0.39, 0.29) is 24.0 Å². The maximum Gasteiger partial charge on any atom is 0.191 e. The summed E-state index contributed by atoms with van der Waals surface area (Å²) in [6.45, 7) is 8.41. The van der Waals surface area contributed by atoms with Crippen LogP contribution in [-0.2, 0) is 17.9 Å². The fourth-order valence-electron chi connectivity index (χ4n) is 2.63. The van der Waals surface area contributed by atoms with E-state index in [0.717, 1.165) is 19.7 Å². The van der Waals surface area contributed by atoms with Gasteiger partial charge in [-0.3, -0.25) is 0 Å². The van der Waals surface area contributed by atoms with Crippen LogP contribution in [0.15, 0.2) is 29.3 Å². The summed E-state index contributed by atoms with van der Waals surface area (Å²) in [7, 11) is 0. The molecule has 1 heterocycles. The molecular weight excluding hydrogens is 389 g/mol. The van der Waals surface area contributed by atoms with Crippen LogP contribution in [0.5, 0.6) is 0 Å². The second-order valence-corrected chi connectivity index (χ2v) is 5.82. The number of guanidine groups is 1. The van der Waals surface area contributed by atoms with E-state index < -0.39 is 0 Å². The number of benzene rings is 1. The van der Waals surface area contributed by atoms with E-state index in [1.165, 1.54) is 24.0 Å². The molecule has 4 nitrogen and oxygen atoms in total. The lowest BCUT2D eigenvalue weighted by molar-refractivity contribution is 0.134. The van der Waals surface area contributed by atoms with Gasteiger partial charge in [0, 0.05) is 19.7 Å². The molecule has 0 radical (unpaired) electrons. The molecule has 1 aliphatic rings. The maximum absolute atomic E-state index is 6.11. The van der Waals surface area contributed by atoms with E-state index in [0.29, 0.717) is 25.0 Å². The number of hydrogen-bond acceptors (Lipinski definition) is 2. The number of hydrogen-bond donors (Lipinski definition) is 1. The Hall–Kier alpha value is -0.820. The van der Waals surface area contributed by atoms with Gasteiger partial charge in [-0.15, -0.1) is 24.0 Å². The first-order valence-electron chi connectivity index (χ1n) is 7.89. The average Bonchev–Trinajstić information content (AvgIpc) is 2.51. The first-order valence-corrected chi connectivity index (χ1v) is 7.89. The summed E-state index contributed by atoms with van der Waals surface area (Å²) >= 11 is 0. The molecule has 0 aliphatic carbocycles. The fraction of sp³-hybridized carbons (Fsp3) is 0.588. The predicted molar refractivity (Wildman–Crippen MR) is 102 cm³/mol. The Morgan fingerprint density at radius 2 is 2.00 bits per heavy atom. The average molecular weight is 417 g/mol. The van der Waals surface area contributed by atoms with E-state index in [4.69, 9.17) is 10.5 Å². The number of likely N-dealkylation sites (tertiary alicyclic amines) is 1. The van der Waals surface area contributed by atoms with Crippen molar-refractivity contribution in [3.05, 3.63) is 35.4 Å². The zero-order valence-corrected chi connectivity index (χ0v) is 16.0. The molecule has 1 aromatic carbocycles. The van der Waals surface area contributed by atoms with E-state index in [1.807, 2.05) is 6.92 Å². The molecule has 1 aliphatic heterocycles. The molecule has 0 spiro atoms. The van der Waals surface area contributed by atoms with Crippen molar-refractivity contribution in [2.24, 2.45) is 16.6 Å². The summed E-state index contributed by atoms with van der Waals surface area (Å²) in [4.78, 5) is 6.74. The van der Waals surface area contributed by atoms with Crippen LogP contribution in [0.1, 0.15) is 37.8 Å². The van der Waals surface area contributed by atoms with Gasteiger partial charge >= 0.3 is 0 Å². The molecule has 0 saturated carbocycles. The van der Waals surface area contributed by atoms with Gasteiger partial charge < -0.3 is 15.4 Å². The number of aliphatic imine (C=N–C) groups is 1. The lowest BCUT2D eigenvalue weighted by Gasteiger charge is -2.31. The Kier molecular flexibility index (Phi) is 8.78. The van der Waals surface area contributed by atoms with Gasteiger partial charge in [-0.2, -0.15) is 0 Å². The maximum atomic E-state index is 6.11. The third-order valence-corrected chi connectivity index (χ3v) is 3.90. The topological polar surface area (TPSA) is 50.9 Å². The monoisotopic (exact) mass is 417 g/mol. The summed E-state index contributed by atoms with van der Waals surface area (Å²) in [6.07, 6.45) is 2.51. The van der Waals surface area contributed by atoms with Crippen LogP contribution in [0.3, 0.4) is 0 Å². The summed E-state index contributed by atoms with van der Waals surface area (Å²) in [5, 5.41) is 0. The Balaban J connectivity index is 0.00000242. The van der Waals surface area contributed by atoms with Crippen LogP contribution in [0.25, 0.3) is 0 Å². The molecule has 2 N–H and O–H groups in total. The molecule has 1 aromatic rings. The van der Waals surface area contributed by atoms with E-state index in [2.05, 4.69) is 41.1 Å². The van der Waals surface area contributed by atoms with Crippen molar-refractivity contribution >= 4 is 29.9 Å². The van der Waals surface area contributed by atoms with Gasteiger partial charge in [0.05, 0.1) is 13.2 Å². The Labute approximate surface area is 151 Å². The highest BCUT2D eigenvalue weighted by Crippen LogP contribution is 2.15. The van der Waals surface area contributed by atoms with Crippen LogP contribution in [-0.4, -0.2) is 30.6 Å². The first kappa shape index (κ1) is 19.2. The minimum atomic E-state index is 0. The number of rotatable bonds is 5. The summed E-state index contributed by atoms with van der Waals surface area (Å²) in [5.74, 6) is 1.39. The lowest BCUT2D eigenvalue weighted by Crippen LogP contribution is -2.43. The number of nitrogens with zero attached hydrogens (tertiary/aromatic N) is 2. The van der Waals surface area contributed by atoms with Crippen LogP contribution in [0, 0.1) is 5.92 Å². The molecular formula is C17H28IN3O. The first-order chi connectivity index (χ1) is 10.2. The van der Waals surface area contributed by atoms with Gasteiger partial charge in [-0.25, -0.2) is 4.99 Å². The Morgan fingerprint density at radius 1 is 1.32 bits per heavy atom. The highest BCUT2D eigenvalue weighted by Gasteiger charge is 2.17. The number of piperidine rings is 1. The zero-order valence-electron chi connectivity index (χ0n) is 13.6. The quantitative estimate of drug-likeness (QED) is 0.454. The molecule has 1 atom stereocenters. The third kappa shape index (κ3) is 6.12. The molecule has 0 amide bonds. The van der Waals surface area contributed by atoms with Gasteiger partial charge in [0.2, 0.25) is 0 Å². The third-order valence-electron chi connectivity index (χ3n) is 3.90. The second-order valence-electron chi connectivity index (χ2n) is 5.82. The van der Waals surface area contributed by atoms with E-state index in [1.54, 1.807) is 0 Å². The summed E-state index contributed by atoms with van der Waals surface area (Å²) in [5.41, 5.74) is 8.49. The largest absolute Gasteiger partial charge is 0.377 e. The molecule has 124 valence electrons. The highest BCUT2D eigenvalue weighted by atomic mass is 127. The minimum Gasteiger partial charge on any atom is -0.377 e.